The van der Waals surface area contributed by atoms with E-state index in [0.29, 0.717) is 6.54 Å². The molecule has 118 valence electrons. The molecule has 1 heterocycles. The lowest BCUT2D eigenvalue weighted by atomic mass is 10.1. The van der Waals surface area contributed by atoms with E-state index < -0.39 is 10.0 Å². The molecule has 0 saturated carbocycles. The van der Waals surface area contributed by atoms with Crippen LogP contribution in [0.2, 0.25) is 0 Å². The summed E-state index contributed by atoms with van der Waals surface area (Å²) < 4.78 is 25.1. The maximum absolute atomic E-state index is 11.9. The van der Waals surface area contributed by atoms with Crippen molar-refractivity contribution in [2.45, 2.75) is 25.8 Å². The topological polar surface area (TPSA) is 40.6 Å². The number of benzene rings is 1. The third kappa shape index (κ3) is 4.59. The molecule has 0 atom stereocenters. The van der Waals surface area contributed by atoms with Crippen molar-refractivity contribution in [3.63, 3.8) is 0 Å². The maximum atomic E-state index is 11.9. The Hall–Kier alpha value is -0.780. The second-order valence-corrected chi connectivity index (χ2v) is 8.05. The van der Waals surface area contributed by atoms with Crippen molar-refractivity contribution in [2.24, 2.45) is 0 Å². The monoisotopic (exact) mass is 330 g/mol. The van der Waals surface area contributed by atoms with Crippen molar-refractivity contribution < 1.29 is 8.42 Å². The molecule has 1 aliphatic rings. The van der Waals surface area contributed by atoms with Crippen LogP contribution >= 0.6 is 11.6 Å². The SMILES string of the molecule is CN(Cc1ccc(N2CCCCC2)cc1)S(=O)(=O)CCCl. The van der Waals surface area contributed by atoms with Gasteiger partial charge in [0, 0.05) is 38.2 Å². The lowest BCUT2D eigenvalue weighted by Gasteiger charge is -2.29. The van der Waals surface area contributed by atoms with Gasteiger partial charge >= 0.3 is 0 Å². The van der Waals surface area contributed by atoms with Crippen molar-refractivity contribution in [3.05, 3.63) is 29.8 Å². The molecule has 0 radical (unpaired) electrons. The van der Waals surface area contributed by atoms with Crippen molar-refractivity contribution in [3.8, 4) is 0 Å². The molecule has 0 unspecified atom stereocenters. The number of anilines is 1. The molecule has 0 N–H and O–H groups in total. The first-order valence-corrected chi connectivity index (χ1v) is 9.51. The molecule has 1 fully saturated rings. The molecule has 0 spiro atoms. The first-order valence-electron chi connectivity index (χ1n) is 7.37. The van der Waals surface area contributed by atoms with E-state index in [4.69, 9.17) is 11.6 Å². The van der Waals surface area contributed by atoms with E-state index in [1.54, 1.807) is 7.05 Å². The fourth-order valence-electron chi connectivity index (χ4n) is 2.57. The van der Waals surface area contributed by atoms with Crippen LogP contribution in [0.25, 0.3) is 0 Å². The van der Waals surface area contributed by atoms with Crippen LogP contribution in [0.1, 0.15) is 24.8 Å². The zero-order valence-corrected chi connectivity index (χ0v) is 14.0. The van der Waals surface area contributed by atoms with Crippen molar-refractivity contribution in [1.82, 2.24) is 4.31 Å². The highest BCUT2D eigenvalue weighted by Crippen LogP contribution is 2.20. The van der Waals surface area contributed by atoms with Crippen molar-refractivity contribution in [2.75, 3.05) is 36.7 Å². The van der Waals surface area contributed by atoms with Gasteiger partial charge in [0.2, 0.25) is 10.0 Å². The number of alkyl halides is 1. The Labute approximate surface area is 132 Å². The van der Waals surface area contributed by atoms with Gasteiger partial charge in [-0.25, -0.2) is 12.7 Å². The average Bonchev–Trinajstić information content (AvgIpc) is 2.49. The first-order chi connectivity index (χ1) is 10.0. The third-order valence-corrected chi connectivity index (χ3v) is 6.08. The molecule has 0 aromatic heterocycles. The maximum Gasteiger partial charge on any atom is 0.215 e. The van der Waals surface area contributed by atoms with E-state index in [1.807, 2.05) is 12.1 Å². The van der Waals surface area contributed by atoms with Gasteiger partial charge in [-0.15, -0.1) is 11.6 Å². The molecule has 1 aromatic rings. The van der Waals surface area contributed by atoms with Crippen LogP contribution in [-0.2, 0) is 16.6 Å². The summed E-state index contributed by atoms with van der Waals surface area (Å²) in [6, 6.07) is 8.19. The summed E-state index contributed by atoms with van der Waals surface area (Å²) in [6.45, 7) is 2.62. The summed E-state index contributed by atoms with van der Waals surface area (Å²) in [5.41, 5.74) is 2.22. The molecule has 4 nitrogen and oxygen atoms in total. The Bertz CT molecular complexity index is 539. The van der Waals surface area contributed by atoms with Crippen LogP contribution in [0.5, 0.6) is 0 Å². The highest BCUT2D eigenvalue weighted by molar-refractivity contribution is 7.89. The summed E-state index contributed by atoms with van der Waals surface area (Å²) in [5, 5.41) is 0. The quantitative estimate of drug-likeness (QED) is 0.753. The second-order valence-electron chi connectivity index (χ2n) is 5.48. The molecule has 6 heteroatoms. The van der Waals surface area contributed by atoms with Gasteiger partial charge in [0.25, 0.3) is 0 Å². The Morgan fingerprint density at radius 2 is 1.76 bits per heavy atom. The molecule has 1 aliphatic heterocycles. The average molecular weight is 331 g/mol. The van der Waals surface area contributed by atoms with E-state index in [9.17, 15) is 8.42 Å². The summed E-state index contributed by atoms with van der Waals surface area (Å²) in [5.74, 6) is 0.109. The summed E-state index contributed by atoms with van der Waals surface area (Å²) >= 11 is 5.53. The van der Waals surface area contributed by atoms with E-state index in [1.165, 1.54) is 29.3 Å². The molecule has 0 bridgehead atoms. The number of halogens is 1. The van der Waals surface area contributed by atoms with Crippen LogP contribution in [0, 0.1) is 0 Å². The molecule has 0 aliphatic carbocycles. The lowest BCUT2D eigenvalue weighted by Crippen LogP contribution is -2.30. The number of rotatable bonds is 6. The minimum atomic E-state index is -3.25. The van der Waals surface area contributed by atoms with Crippen LogP contribution < -0.4 is 4.90 Å². The minimum Gasteiger partial charge on any atom is -0.372 e. The van der Waals surface area contributed by atoms with Crippen molar-refractivity contribution in [1.29, 1.82) is 0 Å². The lowest BCUT2D eigenvalue weighted by molar-refractivity contribution is 0.468. The Balaban J connectivity index is 1.99. The number of nitrogens with zero attached hydrogens (tertiary/aromatic N) is 2. The molecule has 2 rings (SSSR count). The van der Waals surface area contributed by atoms with Gasteiger partial charge in [0.1, 0.15) is 0 Å². The minimum absolute atomic E-state index is 0.0169. The molecule has 1 saturated heterocycles. The second kappa shape index (κ2) is 7.47. The highest BCUT2D eigenvalue weighted by Gasteiger charge is 2.17. The zero-order valence-electron chi connectivity index (χ0n) is 12.5. The summed E-state index contributed by atoms with van der Waals surface area (Å²) in [7, 11) is -1.65. The number of piperidine rings is 1. The molecule has 0 amide bonds. The molecule has 21 heavy (non-hydrogen) atoms. The number of sulfonamides is 1. The Morgan fingerprint density at radius 1 is 1.14 bits per heavy atom. The summed E-state index contributed by atoms with van der Waals surface area (Å²) in [4.78, 5) is 2.39. The third-order valence-electron chi connectivity index (χ3n) is 3.87. The van der Waals surface area contributed by atoms with Crippen LogP contribution in [0.15, 0.2) is 24.3 Å². The largest absolute Gasteiger partial charge is 0.372 e. The fourth-order valence-corrected chi connectivity index (χ4v) is 4.01. The van der Waals surface area contributed by atoms with Gasteiger partial charge in [-0.05, 0) is 37.0 Å². The molecule has 1 aromatic carbocycles. The van der Waals surface area contributed by atoms with Crippen molar-refractivity contribution >= 4 is 27.3 Å². The number of hydrogen-bond acceptors (Lipinski definition) is 3. The molecular formula is C15H23ClN2O2S. The normalized spacial score (nSPS) is 16.4. The Morgan fingerprint density at radius 3 is 2.33 bits per heavy atom. The van der Waals surface area contributed by atoms with Gasteiger partial charge in [0.05, 0.1) is 5.75 Å². The van der Waals surface area contributed by atoms with Crippen LogP contribution in [-0.4, -0.2) is 44.5 Å². The van der Waals surface area contributed by atoms with Gasteiger partial charge in [-0.3, -0.25) is 0 Å². The van der Waals surface area contributed by atoms with Gasteiger partial charge in [-0.2, -0.15) is 0 Å². The predicted octanol–water partition coefficient (Wildman–Crippen LogP) is 2.68. The van der Waals surface area contributed by atoms with E-state index in [2.05, 4.69) is 17.0 Å². The highest BCUT2D eigenvalue weighted by atomic mass is 35.5. The first kappa shape index (κ1) is 16.6. The Kier molecular flexibility index (Phi) is 5.90. The van der Waals surface area contributed by atoms with Crippen LogP contribution in [0.3, 0.4) is 0 Å². The number of hydrogen-bond donors (Lipinski definition) is 0. The summed E-state index contributed by atoms with van der Waals surface area (Å²) in [6.07, 6.45) is 3.82. The fraction of sp³-hybridized carbons (Fsp3) is 0.600. The smallest absolute Gasteiger partial charge is 0.215 e. The van der Waals surface area contributed by atoms with Crippen LogP contribution in [0.4, 0.5) is 5.69 Å². The van der Waals surface area contributed by atoms with Gasteiger partial charge in [0.15, 0.2) is 0 Å². The van der Waals surface area contributed by atoms with Gasteiger partial charge in [-0.1, -0.05) is 12.1 Å². The van der Waals surface area contributed by atoms with E-state index in [-0.39, 0.29) is 11.6 Å². The van der Waals surface area contributed by atoms with Gasteiger partial charge < -0.3 is 4.90 Å². The zero-order chi connectivity index (χ0) is 15.3. The standard InChI is InChI=1S/C15H23ClN2O2S/c1-17(21(19,20)12-9-16)13-14-5-7-15(8-6-14)18-10-3-2-4-11-18/h5-8H,2-4,9-13H2,1H3. The predicted molar refractivity (Wildman–Crippen MR) is 88.5 cm³/mol. The van der Waals surface area contributed by atoms with E-state index >= 15 is 0 Å². The molecular weight excluding hydrogens is 308 g/mol. The van der Waals surface area contributed by atoms with E-state index in [0.717, 1.165) is 18.7 Å².